The van der Waals surface area contributed by atoms with Crippen LogP contribution in [0.4, 0.5) is 0 Å². The topological polar surface area (TPSA) is 0 Å². The van der Waals surface area contributed by atoms with Crippen LogP contribution in [0.1, 0.15) is 16.5 Å². The monoisotopic (exact) mass is 342 g/mol. The lowest BCUT2D eigenvalue weighted by molar-refractivity contribution is 0.919. The lowest BCUT2D eigenvalue weighted by Gasteiger charge is -2.09. The van der Waals surface area contributed by atoms with Crippen LogP contribution < -0.4 is 0 Å². The van der Waals surface area contributed by atoms with Crippen LogP contribution in [0.2, 0.25) is 0 Å². The van der Waals surface area contributed by atoms with E-state index < -0.39 is 0 Å². The van der Waals surface area contributed by atoms with Crippen molar-refractivity contribution in [2.24, 2.45) is 0 Å². The van der Waals surface area contributed by atoms with Gasteiger partial charge in [0.05, 0.1) is 5.38 Å². The zero-order valence-corrected chi connectivity index (χ0v) is 11.6. The predicted molar refractivity (Wildman–Crippen MR) is 77.9 cm³/mol. The molecule has 0 heterocycles. The van der Waals surface area contributed by atoms with E-state index in [0.29, 0.717) is 0 Å². The summed E-state index contributed by atoms with van der Waals surface area (Å²) in [6, 6.07) is 18.7. The average Bonchev–Trinajstić information content (AvgIpc) is 2.31. The van der Waals surface area contributed by atoms with E-state index in [1.165, 1.54) is 14.7 Å². The van der Waals surface area contributed by atoms with E-state index in [-0.39, 0.29) is 5.38 Å². The van der Waals surface area contributed by atoms with Crippen molar-refractivity contribution >= 4 is 34.2 Å². The van der Waals surface area contributed by atoms with Gasteiger partial charge in [-0.15, -0.1) is 11.6 Å². The summed E-state index contributed by atoms with van der Waals surface area (Å²) in [5.74, 6) is 0. The van der Waals surface area contributed by atoms with Crippen LogP contribution in [0.3, 0.4) is 0 Å². The standard InChI is InChI=1S/C14H12ClI/c15-14(10-11-4-2-1-3-5-11)12-6-8-13(16)9-7-12/h1-9,14H,10H2. The van der Waals surface area contributed by atoms with Gasteiger partial charge in [0.15, 0.2) is 0 Å². The maximum absolute atomic E-state index is 6.39. The van der Waals surface area contributed by atoms with E-state index in [1.807, 2.05) is 18.2 Å². The van der Waals surface area contributed by atoms with E-state index in [0.717, 1.165) is 6.42 Å². The quantitative estimate of drug-likeness (QED) is 0.554. The first-order valence-corrected chi connectivity index (χ1v) is 6.70. The molecular weight excluding hydrogens is 331 g/mol. The predicted octanol–water partition coefficient (Wildman–Crippen LogP) is 4.81. The summed E-state index contributed by atoms with van der Waals surface area (Å²) in [6.45, 7) is 0. The lowest BCUT2D eigenvalue weighted by Crippen LogP contribution is -1.95. The van der Waals surface area contributed by atoms with Gasteiger partial charge in [0.1, 0.15) is 0 Å². The average molecular weight is 343 g/mol. The molecule has 0 amide bonds. The lowest BCUT2D eigenvalue weighted by atomic mass is 10.0. The number of hydrogen-bond donors (Lipinski definition) is 0. The highest BCUT2D eigenvalue weighted by Gasteiger charge is 2.08. The van der Waals surface area contributed by atoms with Gasteiger partial charge in [0, 0.05) is 3.57 Å². The van der Waals surface area contributed by atoms with Crippen molar-refractivity contribution in [2.75, 3.05) is 0 Å². The Morgan fingerprint density at radius 2 is 1.56 bits per heavy atom. The molecule has 0 saturated carbocycles. The van der Waals surface area contributed by atoms with Crippen LogP contribution in [0, 0.1) is 3.57 Å². The third-order valence-electron chi connectivity index (χ3n) is 2.49. The molecule has 1 atom stereocenters. The fourth-order valence-corrected chi connectivity index (χ4v) is 2.29. The summed E-state index contributed by atoms with van der Waals surface area (Å²) in [6.07, 6.45) is 0.878. The number of alkyl halides is 1. The van der Waals surface area contributed by atoms with Crippen LogP contribution in [-0.2, 0) is 6.42 Å². The molecule has 0 radical (unpaired) electrons. The molecule has 0 nitrogen and oxygen atoms in total. The molecule has 0 bridgehead atoms. The third kappa shape index (κ3) is 3.22. The Hall–Kier alpha value is -0.540. The second kappa shape index (κ2) is 5.69. The van der Waals surface area contributed by atoms with Crippen molar-refractivity contribution < 1.29 is 0 Å². The second-order valence-corrected chi connectivity index (χ2v) is 5.48. The maximum Gasteiger partial charge on any atom is 0.0625 e. The number of rotatable bonds is 3. The highest BCUT2D eigenvalue weighted by Crippen LogP contribution is 2.25. The molecule has 82 valence electrons. The van der Waals surface area contributed by atoms with Gasteiger partial charge in [-0.05, 0) is 52.3 Å². The molecule has 0 aliphatic carbocycles. The smallest absolute Gasteiger partial charge is 0.0625 e. The molecule has 0 aliphatic heterocycles. The van der Waals surface area contributed by atoms with E-state index >= 15 is 0 Å². The SMILES string of the molecule is ClC(Cc1ccccc1)c1ccc(I)cc1. The van der Waals surface area contributed by atoms with Crippen molar-refractivity contribution in [1.29, 1.82) is 0 Å². The Labute approximate surface area is 115 Å². The molecule has 2 aromatic rings. The fraction of sp³-hybridized carbons (Fsp3) is 0.143. The molecule has 1 unspecified atom stereocenters. The molecular formula is C14H12ClI. The summed E-state index contributed by atoms with van der Waals surface area (Å²) in [4.78, 5) is 0. The zero-order chi connectivity index (χ0) is 11.4. The number of halogens is 2. The van der Waals surface area contributed by atoms with Crippen molar-refractivity contribution in [3.8, 4) is 0 Å². The van der Waals surface area contributed by atoms with Gasteiger partial charge in [-0.2, -0.15) is 0 Å². The molecule has 2 aromatic carbocycles. The van der Waals surface area contributed by atoms with Gasteiger partial charge in [-0.1, -0.05) is 42.5 Å². The van der Waals surface area contributed by atoms with Crippen LogP contribution >= 0.6 is 34.2 Å². The van der Waals surface area contributed by atoms with Crippen LogP contribution in [-0.4, -0.2) is 0 Å². The minimum Gasteiger partial charge on any atom is -0.117 e. The first-order valence-electron chi connectivity index (χ1n) is 5.19. The van der Waals surface area contributed by atoms with E-state index in [1.54, 1.807) is 0 Å². The molecule has 0 spiro atoms. The Bertz CT molecular complexity index is 436. The Kier molecular flexibility index (Phi) is 4.24. The van der Waals surface area contributed by atoms with Gasteiger partial charge in [-0.3, -0.25) is 0 Å². The van der Waals surface area contributed by atoms with Crippen LogP contribution in [0.5, 0.6) is 0 Å². The molecule has 0 fully saturated rings. The van der Waals surface area contributed by atoms with Crippen LogP contribution in [0.25, 0.3) is 0 Å². The highest BCUT2D eigenvalue weighted by molar-refractivity contribution is 14.1. The number of benzene rings is 2. The molecule has 0 N–H and O–H groups in total. The van der Waals surface area contributed by atoms with Gasteiger partial charge in [-0.25, -0.2) is 0 Å². The van der Waals surface area contributed by atoms with Crippen molar-refractivity contribution in [2.45, 2.75) is 11.8 Å². The third-order valence-corrected chi connectivity index (χ3v) is 3.61. The van der Waals surface area contributed by atoms with E-state index in [4.69, 9.17) is 11.6 Å². The summed E-state index contributed by atoms with van der Waals surface area (Å²) in [5, 5.41) is 0.0550. The normalized spacial score (nSPS) is 12.4. The minimum atomic E-state index is 0.0550. The number of hydrogen-bond acceptors (Lipinski definition) is 0. The Balaban J connectivity index is 2.09. The summed E-state index contributed by atoms with van der Waals surface area (Å²) in [7, 11) is 0. The Morgan fingerprint density at radius 3 is 2.19 bits per heavy atom. The molecule has 2 rings (SSSR count). The van der Waals surface area contributed by atoms with E-state index in [2.05, 4.69) is 59.0 Å². The summed E-state index contributed by atoms with van der Waals surface area (Å²) in [5.41, 5.74) is 2.46. The van der Waals surface area contributed by atoms with Crippen LogP contribution in [0.15, 0.2) is 54.6 Å². The van der Waals surface area contributed by atoms with Gasteiger partial charge in [0.25, 0.3) is 0 Å². The first-order chi connectivity index (χ1) is 7.75. The molecule has 0 aliphatic rings. The maximum atomic E-state index is 6.39. The molecule has 0 aromatic heterocycles. The van der Waals surface area contributed by atoms with Gasteiger partial charge >= 0.3 is 0 Å². The highest BCUT2D eigenvalue weighted by atomic mass is 127. The summed E-state index contributed by atoms with van der Waals surface area (Å²) < 4.78 is 1.24. The van der Waals surface area contributed by atoms with Crippen molar-refractivity contribution in [3.63, 3.8) is 0 Å². The van der Waals surface area contributed by atoms with Crippen molar-refractivity contribution in [1.82, 2.24) is 0 Å². The second-order valence-electron chi connectivity index (χ2n) is 3.71. The zero-order valence-electron chi connectivity index (χ0n) is 8.74. The molecule has 16 heavy (non-hydrogen) atoms. The van der Waals surface area contributed by atoms with Gasteiger partial charge < -0.3 is 0 Å². The van der Waals surface area contributed by atoms with E-state index in [9.17, 15) is 0 Å². The minimum absolute atomic E-state index is 0.0550. The fourth-order valence-electron chi connectivity index (χ4n) is 1.61. The van der Waals surface area contributed by atoms with Gasteiger partial charge in [0.2, 0.25) is 0 Å². The molecule has 2 heteroatoms. The first kappa shape index (κ1) is 11.9. The Morgan fingerprint density at radius 1 is 0.938 bits per heavy atom. The summed E-state index contributed by atoms with van der Waals surface area (Å²) >= 11 is 8.69. The van der Waals surface area contributed by atoms with Crippen molar-refractivity contribution in [3.05, 3.63) is 69.3 Å². The largest absolute Gasteiger partial charge is 0.117 e. The molecule has 0 saturated heterocycles.